The summed E-state index contributed by atoms with van der Waals surface area (Å²) < 4.78 is 5.08. The van der Waals surface area contributed by atoms with Crippen molar-refractivity contribution in [1.82, 2.24) is 19.9 Å². The molecule has 1 saturated heterocycles. The summed E-state index contributed by atoms with van der Waals surface area (Å²) in [5.74, 6) is 0.908. The highest BCUT2D eigenvalue weighted by atomic mass is 16.5. The third-order valence-corrected chi connectivity index (χ3v) is 3.65. The Kier molecular flexibility index (Phi) is 3.96. The van der Waals surface area contributed by atoms with E-state index in [0.717, 1.165) is 44.2 Å². The summed E-state index contributed by atoms with van der Waals surface area (Å²) in [5, 5.41) is 4.01. The van der Waals surface area contributed by atoms with E-state index in [1.165, 1.54) is 0 Å². The molecular formula is C15H18N4O2. The quantitative estimate of drug-likeness (QED) is 0.852. The summed E-state index contributed by atoms with van der Waals surface area (Å²) in [6.45, 7) is 5.83. The van der Waals surface area contributed by atoms with Gasteiger partial charge in [-0.1, -0.05) is 5.16 Å². The minimum Gasteiger partial charge on any atom is -0.361 e. The van der Waals surface area contributed by atoms with E-state index in [4.69, 9.17) is 4.52 Å². The number of hydrogen-bond acceptors (Lipinski definition) is 5. The van der Waals surface area contributed by atoms with E-state index < -0.39 is 0 Å². The molecule has 0 spiro atoms. The first kappa shape index (κ1) is 13.8. The van der Waals surface area contributed by atoms with Gasteiger partial charge in [0.25, 0.3) is 5.91 Å². The lowest BCUT2D eigenvalue weighted by Crippen LogP contribution is -2.48. The van der Waals surface area contributed by atoms with E-state index in [9.17, 15) is 4.79 Å². The zero-order valence-corrected chi connectivity index (χ0v) is 12.0. The van der Waals surface area contributed by atoms with E-state index in [-0.39, 0.29) is 5.91 Å². The number of piperazine rings is 1. The van der Waals surface area contributed by atoms with Crippen LogP contribution in [0.25, 0.3) is 0 Å². The summed E-state index contributed by atoms with van der Waals surface area (Å²) in [5.41, 5.74) is 1.65. The van der Waals surface area contributed by atoms with Gasteiger partial charge in [-0.05, 0) is 19.1 Å². The highest BCUT2D eigenvalue weighted by Crippen LogP contribution is 2.11. The normalized spacial score (nSPS) is 16.1. The van der Waals surface area contributed by atoms with Gasteiger partial charge < -0.3 is 9.42 Å². The Morgan fingerprint density at radius 2 is 1.95 bits per heavy atom. The van der Waals surface area contributed by atoms with Gasteiger partial charge in [-0.25, -0.2) is 0 Å². The fraction of sp³-hybridized carbons (Fsp3) is 0.400. The first-order valence-corrected chi connectivity index (χ1v) is 7.06. The van der Waals surface area contributed by atoms with Gasteiger partial charge in [0.1, 0.15) is 5.76 Å². The molecule has 1 fully saturated rings. The summed E-state index contributed by atoms with van der Waals surface area (Å²) in [7, 11) is 0. The van der Waals surface area contributed by atoms with Gasteiger partial charge in [0.05, 0.1) is 5.69 Å². The molecule has 1 amide bonds. The first-order valence-electron chi connectivity index (χ1n) is 7.06. The van der Waals surface area contributed by atoms with Crippen molar-refractivity contribution in [2.75, 3.05) is 26.2 Å². The molecule has 110 valence electrons. The predicted molar refractivity (Wildman–Crippen MR) is 76.7 cm³/mol. The molecule has 6 heteroatoms. The van der Waals surface area contributed by atoms with Crippen LogP contribution in [0.4, 0.5) is 0 Å². The Labute approximate surface area is 123 Å². The third kappa shape index (κ3) is 3.28. The van der Waals surface area contributed by atoms with E-state index in [1.54, 1.807) is 24.5 Å². The van der Waals surface area contributed by atoms with Crippen molar-refractivity contribution in [3.8, 4) is 0 Å². The maximum absolute atomic E-state index is 12.3. The van der Waals surface area contributed by atoms with Crippen LogP contribution in [-0.2, 0) is 6.54 Å². The largest absolute Gasteiger partial charge is 0.361 e. The second-order valence-electron chi connectivity index (χ2n) is 5.23. The molecule has 0 aliphatic carbocycles. The van der Waals surface area contributed by atoms with E-state index in [0.29, 0.717) is 5.56 Å². The molecule has 3 rings (SSSR count). The lowest BCUT2D eigenvalue weighted by molar-refractivity contribution is 0.0625. The molecule has 0 unspecified atom stereocenters. The smallest absolute Gasteiger partial charge is 0.254 e. The SMILES string of the molecule is Cc1cc(CN2CCN(C(=O)c3ccncc3)CC2)no1. The van der Waals surface area contributed by atoms with E-state index in [1.807, 2.05) is 17.9 Å². The van der Waals surface area contributed by atoms with Crippen molar-refractivity contribution < 1.29 is 9.32 Å². The van der Waals surface area contributed by atoms with Crippen molar-refractivity contribution in [2.24, 2.45) is 0 Å². The van der Waals surface area contributed by atoms with Gasteiger partial charge in [0, 0.05) is 56.7 Å². The van der Waals surface area contributed by atoms with Crippen LogP contribution in [0.5, 0.6) is 0 Å². The molecule has 0 saturated carbocycles. The molecule has 2 aromatic heterocycles. The Morgan fingerprint density at radius 3 is 2.57 bits per heavy atom. The number of amides is 1. The fourth-order valence-corrected chi connectivity index (χ4v) is 2.51. The average molecular weight is 286 g/mol. The van der Waals surface area contributed by atoms with Crippen LogP contribution in [0.15, 0.2) is 35.1 Å². The van der Waals surface area contributed by atoms with Crippen LogP contribution < -0.4 is 0 Å². The molecule has 3 heterocycles. The highest BCUT2D eigenvalue weighted by molar-refractivity contribution is 5.94. The van der Waals surface area contributed by atoms with Crippen LogP contribution in [0, 0.1) is 6.92 Å². The molecule has 0 bridgehead atoms. The molecule has 1 aliphatic heterocycles. The number of nitrogens with zero attached hydrogens (tertiary/aromatic N) is 4. The average Bonchev–Trinajstić information content (AvgIpc) is 2.93. The number of rotatable bonds is 3. The standard InChI is InChI=1S/C15H18N4O2/c1-12-10-14(17-21-12)11-18-6-8-19(9-7-18)15(20)13-2-4-16-5-3-13/h2-5,10H,6-9,11H2,1H3. The van der Waals surface area contributed by atoms with Crippen molar-refractivity contribution in [3.63, 3.8) is 0 Å². The van der Waals surface area contributed by atoms with E-state index in [2.05, 4.69) is 15.0 Å². The number of pyridine rings is 1. The van der Waals surface area contributed by atoms with Crippen LogP contribution in [0.2, 0.25) is 0 Å². The van der Waals surface area contributed by atoms with Crippen molar-refractivity contribution >= 4 is 5.91 Å². The van der Waals surface area contributed by atoms with Crippen LogP contribution in [-0.4, -0.2) is 52.0 Å². The minimum atomic E-state index is 0.0781. The molecule has 1 aliphatic rings. The Hall–Kier alpha value is -2.21. The van der Waals surface area contributed by atoms with Crippen LogP contribution in [0.3, 0.4) is 0 Å². The van der Waals surface area contributed by atoms with Crippen molar-refractivity contribution in [1.29, 1.82) is 0 Å². The monoisotopic (exact) mass is 286 g/mol. The second kappa shape index (κ2) is 6.05. The molecule has 0 atom stereocenters. The van der Waals surface area contributed by atoms with Gasteiger partial charge in [0.2, 0.25) is 0 Å². The molecule has 0 N–H and O–H groups in total. The number of hydrogen-bond donors (Lipinski definition) is 0. The molecule has 0 radical (unpaired) electrons. The van der Waals surface area contributed by atoms with E-state index >= 15 is 0 Å². The van der Waals surface area contributed by atoms with Crippen molar-refractivity contribution in [2.45, 2.75) is 13.5 Å². The Bertz CT molecular complexity index is 603. The molecular weight excluding hydrogens is 268 g/mol. The zero-order chi connectivity index (χ0) is 14.7. The molecule has 0 aromatic carbocycles. The van der Waals surface area contributed by atoms with Gasteiger partial charge in [-0.2, -0.15) is 0 Å². The van der Waals surface area contributed by atoms with Gasteiger partial charge >= 0.3 is 0 Å². The molecule has 6 nitrogen and oxygen atoms in total. The first-order chi connectivity index (χ1) is 10.2. The number of carbonyl (C=O) groups excluding carboxylic acids is 1. The van der Waals surface area contributed by atoms with Crippen molar-refractivity contribution in [3.05, 3.63) is 47.6 Å². The van der Waals surface area contributed by atoms with Gasteiger partial charge in [-0.3, -0.25) is 14.7 Å². The third-order valence-electron chi connectivity index (χ3n) is 3.65. The summed E-state index contributed by atoms with van der Waals surface area (Å²) in [4.78, 5) is 20.4. The lowest BCUT2D eigenvalue weighted by Gasteiger charge is -2.34. The van der Waals surface area contributed by atoms with Crippen LogP contribution >= 0.6 is 0 Å². The molecule has 21 heavy (non-hydrogen) atoms. The minimum absolute atomic E-state index is 0.0781. The molecule has 2 aromatic rings. The maximum atomic E-state index is 12.3. The maximum Gasteiger partial charge on any atom is 0.254 e. The topological polar surface area (TPSA) is 62.5 Å². The van der Waals surface area contributed by atoms with Gasteiger partial charge in [-0.15, -0.1) is 0 Å². The summed E-state index contributed by atoms with van der Waals surface area (Å²) in [6.07, 6.45) is 3.30. The lowest BCUT2D eigenvalue weighted by atomic mass is 10.2. The number of aryl methyl sites for hydroxylation is 1. The van der Waals surface area contributed by atoms with Crippen LogP contribution in [0.1, 0.15) is 21.8 Å². The summed E-state index contributed by atoms with van der Waals surface area (Å²) in [6, 6.07) is 5.47. The zero-order valence-electron chi connectivity index (χ0n) is 12.0. The Balaban J connectivity index is 1.54. The van der Waals surface area contributed by atoms with Gasteiger partial charge in [0.15, 0.2) is 0 Å². The highest BCUT2D eigenvalue weighted by Gasteiger charge is 2.22. The fourth-order valence-electron chi connectivity index (χ4n) is 2.51. The predicted octanol–water partition coefficient (Wildman–Crippen LogP) is 1.34. The Morgan fingerprint density at radius 1 is 1.24 bits per heavy atom. The number of carbonyl (C=O) groups is 1. The second-order valence-corrected chi connectivity index (χ2v) is 5.23. The number of aromatic nitrogens is 2. The summed E-state index contributed by atoms with van der Waals surface area (Å²) >= 11 is 0.